The van der Waals surface area contributed by atoms with E-state index in [1.807, 2.05) is 83.9 Å². The summed E-state index contributed by atoms with van der Waals surface area (Å²) in [5.74, 6) is 1.12. The van der Waals surface area contributed by atoms with Crippen LogP contribution in [0, 0.1) is 0 Å². The molecule has 6 heteroatoms. The van der Waals surface area contributed by atoms with E-state index in [2.05, 4.69) is 32.8 Å². The average molecular weight is 382 g/mol. The number of aromatic nitrogens is 2. The van der Waals surface area contributed by atoms with E-state index in [1.54, 1.807) is 0 Å². The molecule has 0 aliphatic rings. The summed E-state index contributed by atoms with van der Waals surface area (Å²) in [5, 5.41) is 5.23. The second-order valence-corrected chi connectivity index (χ2v) is 6.44. The molecule has 1 aromatic heterocycles. The zero-order valence-electron chi connectivity index (χ0n) is 15.9. The quantitative estimate of drug-likeness (QED) is 0.397. The van der Waals surface area contributed by atoms with E-state index >= 15 is 0 Å². The lowest BCUT2D eigenvalue weighted by Gasteiger charge is -2.26. The van der Waals surface area contributed by atoms with Gasteiger partial charge in [0.1, 0.15) is 12.0 Å². The van der Waals surface area contributed by atoms with Gasteiger partial charge in [-0.2, -0.15) is 0 Å². The summed E-state index contributed by atoms with van der Waals surface area (Å²) in [6.07, 6.45) is 1.50. The molecule has 0 radical (unpaired) electrons. The van der Waals surface area contributed by atoms with Gasteiger partial charge in [0.05, 0.1) is 11.4 Å². The van der Waals surface area contributed by atoms with Gasteiger partial charge in [-0.15, -0.1) is 0 Å². The Labute approximate surface area is 170 Å². The highest BCUT2D eigenvalue weighted by Gasteiger charge is 2.14. The number of anilines is 5. The maximum Gasteiger partial charge on any atom is 0.173 e. The number of hydrazine groups is 1. The van der Waals surface area contributed by atoms with Crippen molar-refractivity contribution in [3.05, 3.63) is 103 Å². The Morgan fingerprint density at radius 2 is 1.21 bits per heavy atom. The normalized spacial score (nSPS) is 10.3. The van der Waals surface area contributed by atoms with E-state index in [0.717, 1.165) is 16.9 Å². The molecule has 29 heavy (non-hydrogen) atoms. The van der Waals surface area contributed by atoms with Gasteiger partial charge in [-0.3, -0.25) is 10.4 Å². The molecular weight excluding hydrogens is 360 g/mol. The number of benzene rings is 3. The maximum absolute atomic E-state index is 6.38. The van der Waals surface area contributed by atoms with Crippen molar-refractivity contribution in [2.75, 3.05) is 21.5 Å². The van der Waals surface area contributed by atoms with Crippen LogP contribution in [0.5, 0.6) is 0 Å². The third-order valence-corrected chi connectivity index (χ3v) is 4.43. The highest BCUT2D eigenvalue weighted by atomic mass is 15.5. The number of nitrogens with two attached hydrogens (primary N) is 1. The zero-order chi connectivity index (χ0) is 19.9. The van der Waals surface area contributed by atoms with Crippen LogP contribution < -0.4 is 21.5 Å². The molecule has 0 aliphatic heterocycles. The first-order chi connectivity index (χ1) is 14.3. The van der Waals surface area contributed by atoms with Crippen molar-refractivity contribution in [2.24, 2.45) is 0 Å². The molecule has 4 rings (SSSR count). The van der Waals surface area contributed by atoms with E-state index < -0.39 is 0 Å². The summed E-state index contributed by atoms with van der Waals surface area (Å²) in [4.78, 5) is 8.66. The number of nitrogen functional groups attached to an aromatic ring is 1. The standard InChI is InChI=1S/C23H22N6/c24-21-22(25-16-18-10-4-1-5-11-18)26-17-27-23(21)28-29(19-12-6-2-7-13-19)20-14-8-3-9-15-20/h1-15,17H,16,24H2,(H2,25,26,27,28). The van der Waals surface area contributed by atoms with Gasteiger partial charge in [-0.1, -0.05) is 66.7 Å². The lowest BCUT2D eigenvalue weighted by molar-refractivity contribution is 1.06. The molecule has 0 amide bonds. The van der Waals surface area contributed by atoms with E-state index in [4.69, 9.17) is 5.73 Å². The van der Waals surface area contributed by atoms with Crippen molar-refractivity contribution >= 4 is 28.7 Å². The molecule has 0 spiro atoms. The van der Waals surface area contributed by atoms with Crippen LogP contribution in [0.25, 0.3) is 0 Å². The molecule has 0 unspecified atom stereocenters. The first-order valence-electron chi connectivity index (χ1n) is 9.36. The van der Waals surface area contributed by atoms with Crippen molar-refractivity contribution in [1.82, 2.24) is 9.97 Å². The van der Waals surface area contributed by atoms with Gasteiger partial charge in [0.2, 0.25) is 0 Å². The monoisotopic (exact) mass is 382 g/mol. The fraction of sp³-hybridized carbons (Fsp3) is 0.0435. The minimum atomic E-state index is 0.459. The van der Waals surface area contributed by atoms with E-state index in [0.29, 0.717) is 23.9 Å². The van der Waals surface area contributed by atoms with Gasteiger partial charge in [0.25, 0.3) is 0 Å². The molecule has 0 saturated heterocycles. The molecule has 4 N–H and O–H groups in total. The summed E-state index contributed by atoms with van der Waals surface area (Å²) in [6.45, 7) is 0.628. The molecule has 0 aliphatic carbocycles. The molecule has 1 heterocycles. The number of para-hydroxylation sites is 2. The highest BCUT2D eigenvalue weighted by Crippen LogP contribution is 2.29. The molecule has 3 aromatic carbocycles. The van der Waals surface area contributed by atoms with Gasteiger partial charge in [0, 0.05) is 6.54 Å². The van der Waals surface area contributed by atoms with Crippen molar-refractivity contribution in [3.63, 3.8) is 0 Å². The minimum absolute atomic E-state index is 0.459. The third kappa shape index (κ3) is 4.44. The Morgan fingerprint density at radius 1 is 0.690 bits per heavy atom. The number of rotatable bonds is 7. The number of nitrogens with one attached hydrogen (secondary N) is 2. The maximum atomic E-state index is 6.38. The van der Waals surface area contributed by atoms with Crippen LogP contribution in [-0.4, -0.2) is 9.97 Å². The topological polar surface area (TPSA) is 79.1 Å². The predicted octanol–water partition coefficient (Wildman–Crippen LogP) is 4.84. The van der Waals surface area contributed by atoms with Crippen LogP contribution in [0.2, 0.25) is 0 Å². The van der Waals surface area contributed by atoms with Crippen LogP contribution in [0.15, 0.2) is 97.3 Å². The Balaban J connectivity index is 1.59. The van der Waals surface area contributed by atoms with Crippen molar-refractivity contribution < 1.29 is 0 Å². The number of hydrogen-bond acceptors (Lipinski definition) is 6. The molecule has 0 fully saturated rings. The van der Waals surface area contributed by atoms with Gasteiger partial charge in [0.15, 0.2) is 11.6 Å². The minimum Gasteiger partial charge on any atom is -0.393 e. The number of hydrogen-bond donors (Lipinski definition) is 3. The lowest BCUT2D eigenvalue weighted by atomic mass is 10.2. The zero-order valence-corrected chi connectivity index (χ0v) is 15.9. The Morgan fingerprint density at radius 3 is 1.79 bits per heavy atom. The van der Waals surface area contributed by atoms with Gasteiger partial charge in [-0.05, 0) is 29.8 Å². The smallest absolute Gasteiger partial charge is 0.173 e. The van der Waals surface area contributed by atoms with Crippen LogP contribution >= 0.6 is 0 Å². The van der Waals surface area contributed by atoms with Gasteiger partial charge in [-0.25, -0.2) is 9.97 Å². The molecule has 4 aromatic rings. The largest absolute Gasteiger partial charge is 0.393 e. The number of nitrogens with zero attached hydrogens (tertiary/aromatic N) is 3. The van der Waals surface area contributed by atoms with Gasteiger partial charge < -0.3 is 11.1 Å². The molecule has 6 nitrogen and oxygen atoms in total. The fourth-order valence-corrected chi connectivity index (χ4v) is 2.95. The van der Waals surface area contributed by atoms with Crippen molar-refractivity contribution in [1.29, 1.82) is 0 Å². The van der Waals surface area contributed by atoms with Crippen LogP contribution in [0.4, 0.5) is 28.7 Å². The second kappa shape index (κ2) is 8.75. The fourth-order valence-electron chi connectivity index (χ4n) is 2.95. The van der Waals surface area contributed by atoms with E-state index in [1.165, 1.54) is 6.33 Å². The highest BCUT2D eigenvalue weighted by molar-refractivity contribution is 5.77. The first kappa shape index (κ1) is 18.3. The van der Waals surface area contributed by atoms with Crippen LogP contribution in [0.1, 0.15) is 5.56 Å². The summed E-state index contributed by atoms with van der Waals surface area (Å²) >= 11 is 0. The average Bonchev–Trinajstić information content (AvgIpc) is 2.79. The summed E-state index contributed by atoms with van der Waals surface area (Å²) < 4.78 is 0. The summed E-state index contributed by atoms with van der Waals surface area (Å²) in [5.41, 5.74) is 13.3. The summed E-state index contributed by atoms with van der Waals surface area (Å²) in [6, 6.07) is 30.1. The predicted molar refractivity (Wildman–Crippen MR) is 119 cm³/mol. The Kier molecular flexibility index (Phi) is 5.53. The third-order valence-electron chi connectivity index (χ3n) is 4.43. The Bertz CT molecular complexity index is 999. The summed E-state index contributed by atoms with van der Waals surface area (Å²) in [7, 11) is 0. The van der Waals surface area contributed by atoms with Crippen molar-refractivity contribution in [2.45, 2.75) is 6.54 Å². The molecule has 144 valence electrons. The SMILES string of the molecule is Nc1c(NCc2ccccc2)ncnc1NN(c1ccccc1)c1ccccc1. The van der Waals surface area contributed by atoms with Crippen molar-refractivity contribution in [3.8, 4) is 0 Å². The second-order valence-electron chi connectivity index (χ2n) is 6.44. The molecular formula is C23H22N6. The van der Waals surface area contributed by atoms with E-state index in [-0.39, 0.29) is 0 Å². The molecule has 0 saturated carbocycles. The van der Waals surface area contributed by atoms with Crippen LogP contribution in [0.3, 0.4) is 0 Å². The van der Waals surface area contributed by atoms with Gasteiger partial charge >= 0.3 is 0 Å². The molecule has 0 bridgehead atoms. The van der Waals surface area contributed by atoms with Crippen LogP contribution in [-0.2, 0) is 6.54 Å². The Hall–Kier alpha value is -4.06. The molecule has 0 atom stereocenters. The lowest BCUT2D eigenvalue weighted by Crippen LogP contribution is -2.26. The first-order valence-corrected chi connectivity index (χ1v) is 9.36. The van der Waals surface area contributed by atoms with E-state index in [9.17, 15) is 0 Å².